The van der Waals surface area contributed by atoms with Gasteiger partial charge in [0.2, 0.25) is 12.3 Å². The first kappa shape index (κ1) is 16.5. The zero-order valence-electron chi connectivity index (χ0n) is 14.1. The van der Waals surface area contributed by atoms with E-state index >= 15 is 0 Å². The molecule has 128 valence electrons. The van der Waals surface area contributed by atoms with E-state index in [1.54, 1.807) is 0 Å². The van der Waals surface area contributed by atoms with Crippen LogP contribution in [0.4, 0.5) is 5.69 Å². The number of hydrogen-bond donors (Lipinski definition) is 1. The first-order valence-corrected chi connectivity index (χ1v) is 8.47. The van der Waals surface area contributed by atoms with E-state index in [4.69, 9.17) is 9.15 Å². The summed E-state index contributed by atoms with van der Waals surface area (Å²) in [6, 6.07) is 8.30. The number of rotatable bonds is 5. The predicted molar refractivity (Wildman–Crippen MR) is 90.3 cm³/mol. The van der Waals surface area contributed by atoms with Crippen molar-refractivity contribution in [3.05, 3.63) is 30.7 Å². The first-order chi connectivity index (χ1) is 11.7. The highest BCUT2D eigenvalue weighted by Crippen LogP contribution is 2.33. The molecule has 1 heterocycles. The van der Waals surface area contributed by atoms with Crippen molar-refractivity contribution in [1.29, 1.82) is 0 Å². The second kappa shape index (κ2) is 7.47. The molecule has 1 aliphatic carbocycles. The van der Waals surface area contributed by atoms with Crippen LogP contribution in [-0.2, 0) is 9.53 Å². The number of benzene rings is 1. The van der Waals surface area contributed by atoms with Crippen LogP contribution in [0.15, 0.2) is 35.1 Å². The molecular weight excluding hydrogens is 306 g/mol. The van der Waals surface area contributed by atoms with Gasteiger partial charge < -0.3 is 14.5 Å². The monoisotopic (exact) mass is 329 g/mol. The summed E-state index contributed by atoms with van der Waals surface area (Å²) in [5.74, 6) is 0.794. The van der Waals surface area contributed by atoms with Crippen molar-refractivity contribution in [2.45, 2.75) is 39.2 Å². The van der Waals surface area contributed by atoms with Gasteiger partial charge in [0.25, 0.3) is 0 Å². The van der Waals surface area contributed by atoms with E-state index in [0.717, 1.165) is 30.5 Å². The molecule has 1 fully saturated rings. The molecule has 2 aromatic rings. The van der Waals surface area contributed by atoms with Crippen LogP contribution < -0.4 is 5.32 Å². The first-order valence-electron chi connectivity index (χ1n) is 8.47. The molecule has 6 nitrogen and oxygen atoms in total. The fourth-order valence-corrected chi connectivity index (χ4v) is 3.40. The standard InChI is InChI=1S/C18H23N3O3/c1-3-23-18(22)16-8-7-15(9-12(16)2)20-14-6-4-5-13(10-14)17-21-19-11-24-17/h4-6,10-12,15-16,20H,3,7-9H2,1-2H3/t12-,15-,16-/m1/s1. The van der Waals surface area contributed by atoms with Crippen molar-refractivity contribution in [2.75, 3.05) is 11.9 Å². The number of nitrogens with zero attached hydrogens (tertiary/aromatic N) is 2. The molecule has 0 saturated heterocycles. The van der Waals surface area contributed by atoms with E-state index in [1.165, 1.54) is 6.39 Å². The van der Waals surface area contributed by atoms with Gasteiger partial charge in [0, 0.05) is 17.3 Å². The summed E-state index contributed by atoms with van der Waals surface area (Å²) in [5, 5.41) is 11.2. The van der Waals surface area contributed by atoms with E-state index in [1.807, 2.05) is 31.2 Å². The Labute approximate surface area is 141 Å². The normalized spacial score (nSPS) is 23.7. The molecule has 6 heteroatoms. The van der Waals surface area contributed by atoms with Gasteiger partial charge in [-0.05, 0) is 50.3 Å². The largest absolute Gasteiger partial charge is 0.466 e. The Morgan fingerprint density at radius 2 is 2.29 bits per heavy atom. The Morgan fingerprint density at radius 3 is 3.00 bits per heavy atom. The van der Waals surface area contributed by atoms with Gasteiger partial charge in [-0.15, -0.1) is 10.2 Å². The zero-order valence-corrected chi connectivity index (χ0v) is 14.1. The molecule has 1 N–H and O–H groups in total. The van der Waals surface area contributed by atoms with Crippen LogP contribution in [0.2, 0.25) is 0 Å². The third-order valence-electron chi connectivity index (χ3n) is 4.60. The molecule has 0 aliphatic heterocycles. The number of hydrogen-bond acceptors (Lipinski definition) is 6. The molecule has 0 radical (unpaired) electrons. The Balaban J connectivity index is 1.62. The fourth-order valence-electron chi connectivity index (χ4n) is 3.40. The molecule has 0 spiro atoms. The SMILES string of the molecule is CCOC(=O)[C@@H]1CC[C@@H](Nc2cccc(-c3nnco3)c2)C[C@H]1C. The van der Waals surface area contributed by atoms with Crippen molar-refractivity contribution >= 4 is 11.7 Å². The molecule has 3 rings (SSSR count). The minimum absolute atomic E-state index is 0.0210. The highest BCUT2D eigenvalue weighted by molar-refractivity contribution is 5.73. The molecule has 0 amide bonds. The van der Waals surface area contributed by atoms with Crippen molar-refractivity contribution in [2.24, 2.45) is 11.8 Å². The Bertz CT molecular complexity index is 672. The lowest BCUT2D eigenvalue weighted by molar-refractivity contribution is -0.151. The number of carbonyl (C=O) groups is 1. The van der Waals surface area contributed by atoms with Crippen LogP contribution in [-0.4, -0.2) is 28.8 Å². The van der Waals surface area contributed by atoms with Gasteiger partial charge >= 0.3 is 5.97 Å². The fraction of sp³-hybridized carbons (Fsp3) is 0.500. The van der Waals surface area contributed by atoms with Gasteiger partial charge in [0.15, 0.2) is 0 Å². The van der Waals surface area contributed by atoms with Crippen molar-refractivity contribution in [3.63, 3.8) is 0 Å². The van der Waals surface area contributed by atoms with Crippen LogP contribution >= 0.6 is 0 Å². The van der Waals surface area contributed by atoms with Crippen LogP contribution in [0, 0.1) is 11.8 Å². The van der Waals surface area contributed by atoms with E-state index < -0.39 is 0 Å². The topological polar surface area (TPSA) is 77.2 Å². The Kier molecular flexibility index (Phi) is 5.13. The highest BCUT2D eigenvalue weighted by atomic mass is 16.5. The highest BCUT2D eigenvalue weighted by Gasteiger charge is 2.33. The molecule has 24 heavy (non-hydrogen) atoms. The van der Waals surface area contributed by atoms with E-state index in [0.29, 0.717) is 24.5 Å². The number of ether oxygens (including phenoxy) is 1. The molecule has 0 unspecified atom stereocenters. The maximum atomic E-state index is 12.0. The smallest absolute Gasteiger partial charge is 0.309 e. The molecule has 3 atom stereocenters. The van der Waals surface area contributed by atoms with Crippen LogP contribution in [0.3, 0.4) is 0 Å². The number of carbonyl (C=O) groups excluding carboxylic acids is 1. The summed E-state index contributed by atoms with van der Waals surface area (Å²) in [4.78, 5) is 12.0. The van der Waals surface area contributed by atoms with Crippen LogP contribution in [0.25, 0.3) is 11.5 Å². The summed E-state index contributed by atoms with van der Waals surface area (Å²) in [7, 11) is 0. The number of anilines is 1. The lowest BCUT2D eigenvalue weighted by Gasteiger charge is -2.33. The molecule has 1 aromatic carbocycles. The average Bonchev–Trinajstić information content (AvgIpc) is 3.10. The summed E-state index contributed by atoms with van der Waals surface area (Å²) in [6.45, 7) is 4.43. The van der Waals surface area contributed by atoms with E-state index in [-0.39, 0.29) is 11.9 Å². The van der Waals surface area contributed by atoms with Crippen molar-refractivity contribution < 1.29 is 13.9 Å². The van der Waals surface area contributed by atoms with Gasteiger partial charge in [0.1, 0.15) is 0 Å². The molecule has 1 saturated carbocycles. The maximum Gasteiger partial charge on any atom is 0.309 e. The lowest BCUT2D eigenvalue weighted by Crippen LogP contribution is -2.35. The minimum atomic E-state index is -0.0539. The van der Waals surface area contributed by atoms with Gasteiger partial charge in [0.05, 0.1) is 12.5 Å². The maximum absolute atomic E-state index is 12.0. The van der Waals surface area contributed by atoms with E-state index in [9.17, 15) is 4.79 Å². The predicted octanol–water partition coefficient (Wildman–Crippen LogP) is 3.52. The summed E-state index contributed by atoms with van der Waals surface area (Å²) in [5.41, 5.74) is 1.92. The van der Waals surface area contributed by atoms with Crippen LogP contribution in [0.1, 0.15) is 33.1 Å². The number of aromatic nitrogens is 2. The average molecular weight is 329 g/mol. The quantitative estimate of drug-likeness (QED) is 0.846. The minimum Gasteiger partial charge on any atom is -0.466 e. The Hall–Kier alpha value is -2.37. The second-order valence-electron chi connectivity index (χ2n) is 6.31. The third kappa shape index (κ3) is 3.75. The van der Waals surface area contributed by atoms with E-state index in [2.05, 4.69) is 22.4 Å². The van der Waals surface area contributed by atoms with Gasteiger partial charge in [-0.1, -0.05) is 13.0 Å². The molecular formula is C18H23N3O3. The Morgan fingerprint density at radius 1 is 1.42 bits per heavy atom. The summed E-state index contributed by atoms with van der Waals surface area (Å²) >= 11 is 0. The lowest BCUT2D eigenvalue weighted by atomic mass is 9.78. The van der Waals surface area contributed by atoms with Crippen molar-refractivity contribution in [1.82, 2.24) is 10.2 Å². The van der Waals surface area contributed by atoms with Crippen molar-refractivity contribution in [3.8, 4) is 11.5 Å². The summed E-state index contributed by atoms with van der Waals surface area (Å²) < 4.78 is 10.4. The molecule has 1 aliphatic rings. The zero-order chi connectivity index (χ0) is 16.9. The van der Waals surface area contributed by atoms with Gasteiger partial charge in [-0.2, -0.15) is 0 Å². The van der Waals surface area contributed by atoms with Crippen LogP contribution in [0.5, 0.6) is 0 Å². The molecule has 1 aromatic heterocycles. The second-order valence-corrected chi connectivity index (χ2v) is 6.31. The summed E-state index contributed by atoms with van der Waals surface area (Å²) in [6.07, 6.45) is 4.10. The third-order valence-corrected chi connectivity index (χ3v) is 4.60. The van der Waals surface area contributed by atoms with Gasteiger partial charge in [-0.25, -0.2) is 0 Å². The number of nitrogens with one attached hydrogen (secondary N) is 1. The van der Waals surface area contributed by atoms with Gasteiger partial charge in [-0.3, -0.25) is 4.79 Å². The molecule has 0 bridgehead atoms. The number of esters is 1.